The van der Waals surface area contributed by atoms with Crippen LogP contribution in [0.3, 0.4) is 0 Å². The van der Waals surface area contributed by atoms with Crippen molar-refractivity contribution in [2.24, 2.45) is 3.21 Å². The molecule has 0 bridgehead atoms. The molecule has 0 unspecified atom stereocenters. The van der Waals surface area contributed by atoms with E-state index in [9.17, 15) is 4.79 Å². The number of hydrogen-bond acceptors (Lipinski definition) is 5. The molecule has 1 aliphatic carbocycles. The maximum absolute atomic E-state index is 12.4. The van der Waals surface area contributed by atoms with E-state index in [2.05, 4.69) is 18.4 Å². The predicted molar refractivity (Wildman–Crippen MR) is 81.7 cm³/mol. The lowest BCUT2D eigenvalue weighted by molar-refractivity contribution is 0.104. The third-order valence-corrected chi connectivity index (χ3v) is 4.05. The topological polar surface area (TPSA) is 71.0 Å². The van der Waals surface area contributed by atoms with E-state index in [0.717, 1.165) is 11.3 Å². The number of rotatable bonds is 2. The maximum Gasteiger partial charge on any atom is 0.213 e. The summed E-state index contributed by atoms with van der Waals surface area (Å²) < 4.78 is 4.20. The Bertz CT molecular complexity index is 694. The van der Waals surface area contributed by atoms with Gasteiger partial charge in [0, 0.05) is 11.1 Å². The molecule has 1 aromatic heterocycles. The monoisotopic (exact) mass is 382 g/mol. The number of fused-ring (bicyclic) bond motifs is 1. The minimum Gasteiger partial charge on any atom is -0.288 e. The Hall–Kier alpha value is -1.48. The Labute approximate surface area is 127 Å². The average molecular weight is 382 g/mol. The van der Waals surface area contributed by atoms with E-state index in [-0.39, 0.29) is 5.78 Å². The van der Waals surface area contributed by atoms with Gasteiger partial charge in [0.05, 0.1) is 33.5 Å². The third-order valence-electron chi connectivity index (χ3n) is 2.62. The summed E-state index contributed by atoms with van der Waals surface area (Å²) in [6.07, 6.45) is 3.26. The quantitative estimate of drug-likeness (QED) is 0.811. The van der Waals surface area contributed by atoms with E-state index in [0.29, 0.717) is 15.6 Å². The highest BCUT2D eigenvalue weighted by atomic mass is 127. The molecule has 0 atom stereocenters. The number of Topliss-reactive ketones (excluding diaryl/α,β-unsaturated/α-hetero) is 1. The number of carbonyl (C=O) groups excluding carboxylic acids is 1. The van der Waals surface area contributed by atoms with Gasteiger partial charge in [-0.05, 0) is 17.8 Å². The second-order valence-corrected chi connectivity index (χ2v) is 5.23. The van der Waals surface area contributed by atoms with Crippen LogP contribution in [0.5, 0.6) is 0 Å². The summed E-state index contributed by atoms with van der Waals surface area (Å²) in [5.41, 5.74) is 2.31. The van der Waals surface area contributed by atoms with Gasteiger partial charge in [-0.1, -0.05) is 24.3 Å². The third kappa shape index (κ3) is 2.35. The van der Waals surface area contributed by atoms with Crippen molar-refractivity contribution in [3.8, 4) is 0 Å². The number of nitrogens with zero attached hydrogens (tertiary/aromatic N) is 3. The van der Waals surface area contributed by atoms with Gasteiger partial charge in [0.15, 0.2) is 0 Å². The zero-order valence-corrected chi connectivity index (χ0v) is 12.5. The van der Waals surface area contributed by atoms with Crippen LogP contribution in [0, 0.1) is 0 Å². The highest BCUT2D eigenvalue weighted by molar-refractivity contribution is 14.1. The molecule has 94 valence electrons. The van der Waals surface area contributed by atoms with Crippen molar-refractivity contribution < 1.29 is 4.79 Å². The molecule has 0 fully saturated rings. The van der Waals surface area contributed by atoms with Crippen LogP contribution in [0.1, 0.15) is 15.9 Å². The minimum absolute atomic E-state index is 0.0193. The zero-order valence-electron chi connectivity index (χ0n) is 9.50. The van der Waals surface area contributed by atoms with Gasteiger partial charge in [0.2, 0.25) is 10.9 Å². The van der Waals surface area contributed by atoms with Gasteiger partial charge in [0.25, 0.3) is 0 Å². The van der Waals surface area contributed by atoms with Crippen LogP contribution in [-0.2, 0) is 0 Å². The van der Waals surface area contributed by atoms with Crippen molar-refractivity contribution in [3.05, 3.63) is 52.7 Å². The maximum atomic E-state index is 12.4. The van der Waals surface area contributed by atoms with Crippen molar-refractivity contribution in [3.63, 3.8) is 0 Å². The fourth-order valence-electron chi connectivity index (χ4n) is 1.79. The Morgan fingerprint density at radius 1 is 1.26 bits per heavy atom. The van der Waals surface area contributed by atoms with E-state index in [1.807, 2.05) is 47.1 Å². The normalized spacial score (nSPS) is 16.4. The molecular formula is C12H7IN4OS. The molecule has 3 rings (SSSR count). The first kappa shape index (κ1) is 12.5. The van der Waals surface area contributed by atoms with Crippen LogP contribution in [0.15, 0.2) is 49.9 Å². The second-order valence-electron chi connectivity index (χ2n) is 3.74. The predicted octanol–water partition coefficient (Wildman–Crippen LogP) is 2.82. The van der Waals surface area contributed by atoms with E-state index in [1.54, 1.807) is 6.08 Å². The summed E-state index contributed by atoms with van der Waals surface area (Å²) in [6.45, 7) is 0. The fraction of sp³-hybridized carbons (Fsp3) is 0. The number of aromatic amines is 1. The van der Waals surface area contributed by atoms with Crippen LogP contribution in [-0.4, -0.2) is 26.7 Å². The fourth-order valence-corrected chi connectivity index (χ4v) is 2.97. The highest BCUT2D eigenvalue weighted by Crippen LogP contribution is 2.31. The molecule has 1 N–H and O–H groups in total. The molecule has 1 aromatic carbocycles. The molecule has 0 spiro atoms. The van der Waals surface area contributed by atoms with E-state index < -0.39 is 0 Å². The van der Waals surface area contributed by atoms with Crippen molar-refractivity contribution in [1.82, 2.24) is 15.2 Å². The largest absolute Gasteiger partial charge is 0.288 e. The average Bonchev–Trinajstić information content (AvgIpc) is 2.95. The number of halogens is 1. The number of nitrogens with one attached hydrogen (secondary N) is 1. The van der Waals surface area contributed by atoms with Gasteiger partial charge in [0.1, 0.15) is 6.33 Å². The Morgan fingerprint density at radius 2 is 2.05 bits per heavy atom. The number of allylic oxidation sites excluding steroid dienone is 2. The number of hydrogen-bond donors (Lipinski definition) is 1. The Balaban J connectivity index is 2.04. The van der Waals surface area contributed by atoms with Crippen molar-refractivity contribution >= 4 is 46.1 Å². The SMILES string of the molecule is O=C1C(Sc2nc[nH]n2)=C/C(=N/I)c2ccccc21. The van der Waals surface area contributed by atoms with E-state index in [1.165, 1.54) is 18.1 Å². The van der Waals surface area contributed by atoms with Crippen LogP contribution >= 0.6 is 34.6 Å². The summed E-state index contributed by atoms with van der Waals surface area (Å²) in [7, 11) is 0. The summed E-state index contributed by atoms with van der Waals surface area (Å²) in [5.74, 6) is -0.0193. The molecule has 7 heteroatoms. The lowest BCUT2D eigenvalue weighted by Crippen LogP contribution is -2.15. The summed E-state index contributed by atoms with van der Waals surface area (Å²) in [5, 5.41) is 7.09. The van der Waals surface area contributed by atoms with Gasteiger partial charge in [-0.3, -0.25) is 9.89 Å². The molecule has 1 heterocycles. The van der Waals surface area contributed by atoms with Crippen molar-refractivity contribution in [2.75, 3.05) is 0 Å². The van der Waals surface area contributed by atoms with Crippen LogP contribution in [0.25, 0.3) is 0 Å². The molecule has 0 aliphatic heterocycles. The van der Waals surface area contributed by atoms with Crippen LogP contribution in [0.2, 0.25) is 0 Å². The standard InChI is InChI=1S/C12H7IN4OS/c13-16-9-5-10(19-12-14-6-15-17-12)11(18)8-4-2-1-3-7(8)9/h1-6H,(H,14,15,17)/b16-9-. The van der Waals surface area contributed by atoms with Gasteiger partial charge in [-0.15, -0.1) is 5.10 Å². The number of thioether (sulfide) groups is 1. The Kier molecular flexibility index (Phi) is 3.47. The summed E-state index contributed by atoms with van der Waals surface area (Å²) >= 11 is 3.17. The molecule has 0 amide bonds. The number of aromatic nitrogens is 3. The number of benzene rings is 1. The van der Waals surface area contributed by atoms with Crippen molar-refractivity contribution in [2.45, 2.75) is 5.16 Å². The van der Waals surface area contributed by atoms with Crippen molar-refractivity contribution in [1.29, 1.82) is 0 Å². The smallest absolute Gasteiger partial charge is 0.213 e. The molecule has 0 saturated heterocycles. The molecule has 19 heavy (non-hydrogen) atoms. The molecule has 2 aromatic rings. The number of ketones is 1. The summed E-state index contributed by atoms with van der Waals surface area (Å²) in [4.78, 5) is 17.0. The van der Waals surface area contributed by atoms with Gasteiger partial charge < -0.3 is 0 Å². The minimum atomic E-state index is -0.0193. The lowest BCUT2D eigenvalue weighted by atomic mass is 9.94. The summed E-state index contributed by atoms with van der Waals surface area (Å²) in [6, 6.07) is 7.46. The first-order valence-corrected chi connectivity index (χ1v) is 7.16. The Morgan fingerprint density at radius 3 is 2.74 bits per heavy atom. The zero-order chi connectivity index (χ0) is 13.2. The number of carbonyl (C=O) groups is 1. The molecule has 5 nitrogen and oxygen atoms in total. The molecular weight excluding hydrogens is 375 g/mol. The second kappa shape index (κ2) is 5.25. The first-order chi connectivity index (χ1) is 9.29. The van der Waals surface area contributed by atoms with Gasteiger partial charge >= 0.3 is 0 Å². The van der Waals surface area contributed by atoms with Crippen LogP contribution < -0.4 is 0 Å². The molecule has 0 saturated carbocycles. The van der Waals surface area contributed by atoms with E-state index in [4.69, 9.17) is 0 Å². The van der Waals surface area contributed by atoms with Gasteiger partial charge in [-0.2, -0.15) is 0 Å². The first-order valence-electron chi connectivity index (χ1n) is 5.38. The van der Waals surface area contributed by atoms with Gasteiger partial charge in [-0.25, -0.2) is 8.19 Å². The molecule has 1 aliphatic rings. The lowest BCUT2D eigenvalue weighted by Gasteiger charge is -2.15. The number of H-pyrrole nitrogens is 1. The van der Waals surface area contributed by atoms with E-state index >= 15 is 0 Å². The van der Waals surface area contributed by atoms with Crippen LogP contribution in [0.4, 0.5) is 0 Å². The highest BCUT2D eigenvalue weighted by Gasteiger charge is 2.25. The molecule has 0 radical (unpaired) electrons.